The van der Waals surface area contributed by atoms with Gasteiger partial charge in [-0.15, -0.1) is 0 Å². The first kappa shape index (κ1) is 27.3. The molecule has 7 heteroatoms. The molecule has 6 nitrogen and oxygen atoms in total. The lowest BCUT2D eigenvalue weighted by Gasteiger charge is -2.28. The fraction of sp³-hybridized carbons (Fsp3) is 0.345. The lowest BCUT2D eigenvalue weighted by Crippen LogP contribution is -2.43. The first-order valence-electron chi connectivity index (χ1n) is 12.1. The molecular weight excluding hydrogens is 459 g/mol. The largest absolute Gasteiger partial charge is 0.508 e. The summed E-state index contributed by atoms with van der Waals surface area (Å²) in [6.07, 6.45) is 0.365. The Balaban J connectivity index is 1.55. The van der Waals surface area contributed by atoms with Crippen molar-refractivity contribution in [2.45, 2.75) is 51.9 Å². The van der Waals surface area contributed by atoms with E-state index in [0.29, 0.717) is 36.1 Å². The second kappa shape index (κ2) is 12.1. The molecule has 3 aromatic rings. The number of carbonyl (C=O) groups is 1. The van der Waals surface area contributed by atoms with Crippen LogP contribution in [0.3, 0.4) is 0 Å². The maximum absolute atomic E-state index is 13.5. The van der Waals surface area contributed by atoms with Gasteiger partial charge in [-0.3, -0.25) is 4.79 Å². The zero-order chi connectivity index (χ0) is 26.3. The van der Waals surface area contributed by atoms with Crippen LogP contribution in [0, 0.1) is 12.7 Å². The van der Waals surface area contributed by atoms with Gasteiger partial charge in [0, 0.05) is 29.8 Å². The highest BCUT2D eigenvalue weighted by Gasteiger charge is 2.21. The Bertz CT molecular complexity index is 1200. The molecule has 0 aliphatic rings. The summed E-state index contributed by atoms with van der Waals surface area (Å²) in [6, 6.07) is 16.8. The smallest absolute Gasteiger partial charge is 0.251 e. The maximum Gasteiger partial charge on any atom is 0.251 e. The number of amides is 1. The summed E-state index contributed by atoms with van der Waals surface area (Å²) >= 11 is 0. The average Bonchev–Trinajstić information content (AvgIpc) is 2.84. The molecule has 0 spiro atoms. The van der Waals surface area contributed by atoms with Crippen molar-refractivity contribution in [3.05, 3.63) is 99.9 Å². The Labute approximate surface area is 211 Å². The van der Waals surface area contributed by atoms with Gasteiger partial charge in [0.05, 0.1) is 12.7 Å². The Morgan fingerprint density at radius 3 is 2.58 bits per heavy atom. The summed E-state index contributed by atoms with van der Waals surface area (Å²) in [4.78, 5) is 12.7. The fourth-order valence-electron chi connectivity index (χ4n) is 4.15. The van der Waals surface area contributed by atoms with Crippen LogP contribution in [-0.4, -0.2) is 39.9 Å². The third-order valence-corrected chi connectivity index (χ3v) is 6.26. The minimum Gasteiger partial charge on any atom is -0.508 e. The van der Waals surface area contributed by atoms with E-state index in [-0.39, 0.29) is 36.2 Å². The second-order valence-electron chi connectivity index (χ2n) is 9.78. The number of aliphatic hydroxyl groups excluding tert-OH is 2. The van der Waals surface area contributed by atoms with Crippen LogP contribution >= 0.6 is 0 Å². The van der Waals surface area contributed by atoms with Crippen molar-refractivity contribution in [1.29, 1.82) is 0 Å². The molecule has 0 heterocycles. The van der Waals surface area contributed by atoms with Gasteiger partial charge in [-0.2, -0.15) is 0 Å². The molecule has 5 N–H and O–H groups in total. The lowest BCUT2D eigenvalue weighted by molar-refractivity contribution is 0.0954. The normalized spacial score (nSPS) is 12.4. The molecule has 0 aliphatic heterocycles. The van der Waals surface area contributed by atoms with Gasteiger partial charge in [0.15, 0.2) is 0 Å². The van der Waals surface area contributed by atoms with Crippen LogP contribution in [0.25, 0.3) is 0 Å². The van der Waals surface area contributed by atoms with E-state index < -0.39 is 6.10 Å². The highest BCUT2D eigenvalue weighted by molar-refractivity contribution is 5.94. The number of halogens is 1. The van der Waals surface area contributed by atoms with Crippen molar-refractivity contribution < 1.29 is 24.5 Å². The topological polar surface area (TPSA) is 102 Å². The first-order chi connectivity index (χ1) is 17.1. The van der Waals surface area contributed by atoms with Crippen molar-refractivity contribution in [3.63, 3.8) is 0 Å². The predicted molar refractivity (Wildman–Crippen MR) is 138 cm³/mol. The minimum atomic E-state index is -0.811. The van der Waals surface area contributed by atoms with Gasteiger partial charge < -0.3 is 26.0 Å². The number of β-amino-alcohol motifs (C(OH)–C–C–N with tert-alkyl or cyclic N) is 1. The van der Waals surface area contributed by atoms with Gasteiger partial charge in [-0.25, -0.2) is 4.39 Å². The van der Waals surface area contributed by atoms with Gasteiger partial charge in [-0.1, -0.05) is 24.3 Å². The molecule has 36 heavy (non-hydrogen) atoms. The predicted octanol–water partition coefficient (Wildman–Crippen LogP) is 3.95. The monoisotopic (exact) mass is 494 g/mol. The van der Waals surface area contributed by atoms with Crippen molar-refractivity contribution in [2.75, 3.05) is 13.1 Å². The summed E-state index contributed by atoms with van der Waals surface area (Å²) in [6.45, 7) is 6.34. The number of hydrogen-bond acceptors (Lipinski definition) is 5. The van der Waals surface area contributed by atoms with Crippen molar-refractivity contribution in [1.82, 2.24) is 10.6 Å². The number of carbonyl (C=O) groups excluding carboxylic acids is 1. The molecule has 0 bridgehead atoms. The maximum atomic E-state index is 13.5. The van der Waals surface area contributed by atoms with E-state index in [1.165, 1.54) is 18.2 Å². The summed E-state index contributed by atoms with van der Waals surface area (Å²) in [7, 11) is 0. The van der Waals surface area contributed by atoms with E-state index in [1.807, 2.05) is 39.0 Å². The quantitative estimate of drug-likeness (QED) is 0.278. The molecule has 0 radical (unpaired) electrons. The Hall–Kier alpha value is -3.26. The minimum absolute atomic E-state index is 0.00488. The summed E-state index contributed by atoms with van der Waals surface area (Å²) in [5.74, 6) is -0.467. The van der Waals surface area contributed by atoms with E-state index >= 15 is 0 Å². The highest BCUT2D eigenvalue weighted by Crippen LogP contribution is 2.23. The summed E-state index contributed by atoms with van der Waals surface area (Å²) in [5, 5.41) is 35.9. The van der Waals surface area contributed by atoms with Crippen LogP contribution in [0.2, 0.25) is 0 Å². The van der Waals surface area contributed by atoms with Gasteiger partial charge in [-0.05, 0) is 92.3 Å². The van der Waals surface area contributed by atoms with E-state index in [9.17, 15) is 24.5 Å². The Kier molecular flexibility index (Phi) is 9.20. The number of benzene rings is 3. The van der Waals surface area contributed by atoms with Crippen LogP contribution in [0.15, 0.2) is 60.7 Å². The molecule has 0 fully saturated rings. The van der Waals surface area contributed by atoms with Gasteiger partial charge in [0.2, 0.25) is 0 Å². The molecule has 3 aromatic carbocycles. The summed E-state index contributed by atoms with van der Waals surface area (Å²) < 4.78 is 13.5. The molecule has 0 saturated carbocycles. The zero-order valence-corrected chi connectivity index (χ0v) is 21.0. The molecule has 3 rings (SSSR count). The van der Waals surface area contributed by atoms with Gasteiger partial charge in [0.1, 0.15) is 11.6 Å². The SMILES string of the molecule is Cc1ccc(F)cc1CCNC(=O)c1cccc(CC(C)(C)NC[C@@H](O)c2ccc(O)c(CO)c2)c1. The summed E-state index contributed by atoms with van der Waals surface area (Å²) in [5.41, 5.74) is 3.99. The zero-order valence-electron chi connectivity index (χ0n) is 21.0. The van der Waals surface area contributed by atoms with Crippen LogP contribution < -0.4 is 10.6 Å². The number of aryl methyl sites for hydroxylation is 1. The Morgan fingerprint density at radius 2 is 1.83 bits per heavy atom. The third kappa shape index (κ3) is 7.62. The van der Waals surface area contributed by atoms with Crippen molar-refractivity contribution in [3.8, 4) is 5.75 Å². The van der Waals surface area contributed by atoms with Gasteiger partial charge >= 0.3 is 0 Å². The molecular formula is C29H35FN2O4. The van der Waals surface area contributed by atoms with E-state index in [2.05, 4.69) is 10.6 Å². The number of hydrogen-bond donors (Lipinski definition) is 5. The van der Waals surface area contributed by atoms with E-state index in [0.717, 1.165) is 16.7 Å². The fourth-order valence-corrected chi connectivity index (χ4v) is 4.15. The molecule has 1 amide bonds. The molecule has 0 aromatic heterocycles. The number of nitrogens with one attached hydrogen (secondary N) is 2. The number of aliphatic hydroxyl groups is 2. The second-order valence-corrected chi connectivity index (χ2v) is 9.78. The third-order valence-electron chi connectivity index (χ3n) is 6.26. The first-order valence-corrected chi connectivity index (χ1v) is 12.1. The number of rotatable bonds is 11. The number of aromatic hydroxyl groups is 1. The average molecular weight is 495 g/mol. The molecule has 1 atom stereocenters. The van der Waals surface area contributed by atoms with Crippen LogP contribution in [0.1, 0.15) is 58.1 Å². The van der Waals surface area contributed by atoms with Crippen LogP contribution in [0.5, 0.6) is 5.75 Å². The van der Waals surface area contributed by atoms with Crippen molar-refractivity contribution in [2.24, 2.45) is 0 Å². The standard InChI is InChI=1S/C29H35FN2O4/c1-19-7-9-25(30)15-21(19)11-12-31-28(36)23-6-4-5-20(13-23)16-29(2,3)32-17-27(35)22-8-10-26(34)24(14-22)18-33/h4-10,13-15,27,32-35H,11-12,16-18H2,1-3H3,(H,31,36)/t27-/m1/s1. The lowest BCUT2D eigenvalue weighted by atomic mass is 9.93. The molecule has 192 valence electrons. The van der Waals surface area contributed by atoms with Gasteiger partial charge in [0.25, 0.3) is 5.91 Å². The molecule has 0 saturated heterocycles. The number of phenols is 1. The van der Waals surface area contributed by atoms with Crippen molar-refractivity contribution >= 4 is 5.91 Å². The molecule has 0 unspecified atom stereocenters. The van der Waals surface area contributed by atoms with E-state index in [4.69, 9.17) is 0 Å². The van der Waals surface area contributed by atoms with E-state index in [1.54, 1.807) is 24.3 Å². The Morgan fingerprint density at radius 1 is 1.06 bits per heavy atom. The molecule has 0 aliphatic carbocycles. The highest BCUT2D eigenvalue weighted by atomic mass is 19.1. The van der Waals surface area contributed by atoms with Crippen LogP contribution in [0.4, 0.5) is 4.39 Å². The van der Waals surface area contributed by atoms with Crippen LogP contribution in [-0.2, 0) is 19.4 Å².